The Balaban J connectivity index is 1.67. The molecule has 4 aromatic rings. The van der Waals surface area contributed by atoms with Crippen LogP contribution in [0.15, 0.2) is 48.5 Å². The van der Waals surface area contributed by atoms with E-state index in [2.05, 4.69) is 15.2 Å². The first-order valence-corrected chi connectivity index (χ1v) is 11.7. The first-order chi connectivity index (χ1) is 17.2. The highest BCUT2D eigenvalue weighted by molar-refractivity contribution is 6.20. The summed E-state index contributed by atoms with van der Waals surface area (Å²) >= 11 is 0. The van der Waals surface area contributed by atoms with Crippen LogP contribution in [0.3, 0.4) is 0 Å². The Hall–Kier alpha value is -4.24. The zero-order valence-electron chi connectivity index (χ0n) is 20.0. The summed E-state index contributed by atoms with van der Waals surface area (Å²) in [5.41, 5.74) is 8.77. The van der Waals surface area contributed by atoms with Gasteiger partial charge in [-0.3, -0.25) is 14.4 Å². The Morgan fingerprint density at radius 2 is 1.72 bits per heavy atom. The van der Waals surface area contributed by atoms with E-state index in [0.29, 0.717) is 46.3 Å². The highest BCUT2D eigenvalue weighted by atomic mass is 19.1. The summed E-state index contributed by atoms with van der Waals surface area (Å²) in [7, 11) is 2.03. The minimum atomic E-state index is -0.626. The lowest BCUT2D eigenvalue weighted by molar-refractivity contribution is -0.114. The molecule has 0 radical (unpaired) electrons. The number of nitrogens with zero attached hydrogens (tertiary/aromatic N) is 2. The fraction of sp³-hybridized carbons (Fsp3) is 0.222. The number of carbonyl (C=O) groups excluding carboxylic acids is 3. The Labute approximate surface area is 206 Å². The van der Waals surface area contributed by atoms with E-state index in [1.807, 2.05) is 11.9 Å². The van der Waals surface area contributed by atoms with E-state index >= 15 is 4.39 Å². The van der Waals surface area contributed by atoms with E-state index in [4.69, 9.17) is 5.73 Å². The molecule has 1 aliphatic heterocycles. The van der Waals surface area contributed by atoms with Crippen LogP contribution in [-0.2, 0) is 4.79 Å². The van der Waals surface area contributed by atoms with Crippen molar-refractivity contribution >= 4 is 45.2 Å². The van der Waals surface area contributed by atoms with E-state index in [9.17, 15) is 14.4 Å². The third-order valence-corrected chi connectivity index (χ3v) is 6.63. The molecule has 36 heavy (non-hydrogen) atoms. The summed E-state index contributed by atoms with van der Waals surface area (Å²) in [5, 5.41) is 4.01. The molecule has 3 aromatic carbocycles. The van der Waals surface area contributed by atoms with Crippen molar-refractivity contribution in [3.05, 3.63) is 65.5 Å². The number of primary amides is 1. The fourth-order valence-electron chi connectivity index (χ4n) is 4.78. The van der Waals surface area contributed by atoms with Gasteiger partial charge in [0.25, 0.3) is 11.8 Å². The standard InChI is InChI=1S/C27H26FN5O3/c1-15(34)30-17-4-8-22(28)21(14-17)18-6-7-20(26(29)35)25-24(18)19-5-3-16(13-23(19)31-25)27(36)33-11-9-32(2)10-12-33/h3-8,13-14,31H,9-12H2,1-2H3,(H2,29,35)(H,30,34). The SMILES string of the molecule is CC(=O)Nc1ccc(F)c(-c2ccc(C(N)=O)c3[nH]c4cc(C(=O)N5CCN(C)CC5)ccc4c23)c1. The topological polar surface area (TPSA) is 112 Å². The number of aromatic nitrogens is 1. The number of piperazine rings is 1. The molecule has 0 spiro atoms. The normalized spacial score (nSPS) is 14.4. The van der Waals surface area contributed by atoms with Gasteiger partial charge in [0.15, 0.2) is 0 Å². The van der Waals surface area contributed by atoms with Gasteiger partial charge in [0.05, 0.1) is 11.1 Å². The molecule has 2 heterocycles. The Kier molecular flexibility index (Phi) is 5.93. The summed E-state index contributed by atoms with van der Waals surface area (Å²) < 4.78 is 15.0. The smallest absolute Gasteiger partial charge is 0.254 e. The van der Waals surface area contributed by atoms with E-state index in [1.165, 1.54) is 19.1 Å². The lowest BCUT2D eigenvalue weighted by atomic mass is 9.95. The molecule has 8 nitrogen and oxygen atoms in total. The number of halogens is 1. The second-order valence-electron chi connectivity index (χ2n) is 9.13. The van der Waals surface area contributed by atoms with Gasteiger partial charge in [0.1, 0.15) is 5.82 Å². The largest absolute Gasteiger partial charge is 0.366 e. The van der Waals surface area contributed by atoms with E-state index < -0.39 is 11.7 Å². The third kappa shape index (κ3) is 4.18. The van der Waals surface area contributed by atoms with Gasteiger partial charge in [-0.25, -0.2) is 4.39 Å². The fourth-order valence-corrected chi connectivity index (χ4v) is 4.78. The molecular weight excluding hydrogens is 461 g/mol. The summed E-state index contributed by atoms with van der Waals surface area (Å²) in [5.74, 6) is -1.44. The average Bonchev–Trinajstić information content (AvgIpc) is 3.23. The predicted octanol–water partition coefficient (Wildman–Crippen LogP) is 3.57. The number of benzene rings is 3. The summed E-state index contributed by atoms with van der Waals surface area (Å²) in [6, 6.07) is 12.8. The number of fused-ring (bicyclic) bond motifs is 3. The van der Waals surface area contributed by atoms with Gasteiger partial charge >= 0.3 is 0 Å². The molecule has 4 N–H and O–H groups in total. The molecule has 0 unspecified atom stereocenters. The highest BCUT2D eigenvalue weighted by Gasteiger charge is 2.23. The van der Waals surface area contributed by atoms with Crippen LogP contribution in [0, 0.1) is 5.82 Å². The third-order valence-electron chi connectivity index (χ3n) is 6.63. The minimum Gasteiger partial charge on any atom is -0.366 e. The number of rotatable bonds is 4. The maximum Gasteiger partial charge on any atom is 0.254 e. The lowest BCUT2D eigenvalue weighted by Gasteiger charge is -2.32. The molecule has 184 valence electrons. The first kappa shape index (κ1) is 23.5. The number of aromatic amines is 1. The lowest BCUT2D eigenvalue weighted by Crippen LogP contribution is -2.47. The second-order valence-corrected chi connectivity index (χ2v) is 9.13. The van der Waals surface area contributed by atoms with Crippen LogP contribution in [0.4, 0.5) is 10.1 Å². The number of carbonyl (C=O) groups is 3. The molecule has 1 fully saturated rings. The van der Waals surface area contributed by atoms with Gasteiger partial charge in [0.2, 0.25) is 5.91 Å². The van der Waals surface area contributed by atoms with E-state index in [1.54, 1.807) is 36.4 Å². The Morgan fingerprint density at radius 3 is 2.42 bits per heavy atom. The van der Waals surface area contributed by atoms with Crippen molar-refractivity contribution in [2.75, 3.05) is 38.5 Å². The van der Waals surface area contributed by atoms with Crippen molar-refractivity contribution in [3.8, 4) is 11.1 Å². The molecule has 1 aromatic heterocycles. The van der Waals surface area contributed by atoms with Crippen LogP contribution in [-0.4, -0.2) is 65.7 Å². The Morgan fingerprint density at radius 1 is 0.972 bits per heavy atom. The van der Waals surface area contributed by atoms with Gasteiger partial charge in [-0.05, 0) is 49.0 Å². The molecular formula is C27H26FN5O3. The van der Waals surface area contributed by atoms with Crippen molar-refractivity contribution in [1.82, 2.24) is 14.8 Å². The number of nitrogens with two attached hydrogens (primary N) is 1. The first-order valence-electron chi connectivity index (χ1n) is 11.7. The number of anilines is 1. The van der Waals surface area contributed by atoms with Crippen LogP contribution in [0.1, 0.15) is 27.6 Å². The van der Waals surface area contributed by atoms with Crippen molar-refractivity contribution in [2.45, 2.75) is 6.92 Å². The minimum absolute atomic E-state index is 0.0620. The number of H-pyrrole nitrogens is 1. The van der Waals surface area contributed by atoms with Gasteiger partial charge < -0.3 is 25.8 Å². The quantitative estimate of drug-likeness (QED) is 0.409. The van der Waals surface area contributed by atoms with Gasteiger partial charge in [-0.2, -0.15) is 0 Å². The summed E-state index contributed by atoms with van der Waals surface area (Å²) in [6.45, 7) is 4.31. The molecule has 0 bridgehead atoms. The van der Waals surface area contributed by atoms with Crippen molar-refractivity contribution in [3.63, 3.8) is 0 Å². The molecule has 1 saturated heterocycles. The number of nitrogens with one attached hydrogen (secondary N) is 2. The maximum atomic E-state index is 15.0. The number of hydrogen-bond donors (Lipinski definition) is 3. The van der Waals surface area contributed by atoms with Crippen LogP contribution in [0.5, 0.6) is 0 Å². The average molecular weight is 488 g/mol. The molecule has 9 heteroatoms. The highest BCUT2D eigenvalue weighted by Crippen LogP contribution is 2.38. The molecule has 1 aliphatic rings. The van der Waals surface area contributed by atoms with Crippen LogP contribution in [0.25, 0.3) is 32.9 Å². The number of amides is 3. The van der Waals surface area contributed by atoms with Crippen molar-refractivity contribution in [2.24, 2.45) is 5.73 Å². The molecule has 0 saturated carbocycles. The van der Waals surface area contributed by atoms with Gasteiger partial charge in [-0.15, -0.1) is 0 Å². The van der Waals surface area contributed by atoms with E-state index in [0.717, 1.165) is 18.5 Å². The Bertz CT molecular complexity index is 1540. The van der Waals surface area contributed by atoms with Crippen molar-refractivity contribution in [1.29, 1.82) is 0 Å². The van der Waals surface area contributed by atoms with Gasteiger partial charge in [-0.1, -0.05) is 12.1 Å². The monoisotopic (exact) mass is 487 g/mol. The number of likely N-dealkylation sites (N-methyl/N-ethyl adjacent to an activating group) is 1. The second kappa shape index (κ2) is 9.09. The molecule has 3 amide bonds. The summed E-state index contributed by atoms with van der Waals surface area (Å²) in [4.78, 5) is 44.1. The van der Waals surface area contributed by atoms with E-state index in [-0.39, 0.29) is 22.9 Å². The van der Waals surface area contributed by atoms with Crippen LogP contribution < -0.4 is 11.1 Å². The zero-order chi connectivity index (χ0) is 25.6. The zero-order valence-corrected chi connectivity index (χ0v) is 20.0. The molecule has 0 atom stereocenters. The van der Waals surface area contributed by atoms with Crippen LogP contribution >= 0.6 is 0 Å². The maximum absolute atomic E-state index is 15.0. The summed E-state index contributed by atoms with van der Waals surface area (Å²) in [6.07, 6.45) is 0. The molecule has 0 aliphatic carbocycles. The predicted molar refractivity (Wildman–Crippen MR) is 137 cm³/mol. The number of hydrogen-bond acceptors (Lipinski definition) is 4. The van der Waals surface area contributed by atoms with Gasteiger partial charge in [0, 0.05) is 66.2 Å². The van der Waals surface area contributed by atoms with Crippen LogP contribution in [0.2, 0.25) is 0 Å². The molecule has 5 rings (SSSR count). The van der Waals surface area contributed by atoms with Crippen molar-refractivity contribution < 1.29 is 18.8 Å².